The summed E-state index contributed by atoms with van der Waals surface area (Å²) in [6, 6.07) is 15.3. The van der Waals surface area contributed by atoms with Crippen molar-refractivity contribution in [2.24, 2.45) is 0 Å². The van der Waals surface area contributed by atoms with Crippen molar-refractivity contribution >= 4 is 31.8 Å². The van der Waals surface area contributed by atoms with E-state index in [0.29, 0.717) is 23.8 Å². The fourth-order valence-electron chi connectivity index (χ4n) is 2.61. The van der Waals surface area contributed by atoms with Crippen molar-refractivity contribution in [3.05, 3.63) is 42.5 Å². The van der Waals surface area contributed by atoms with E-state index in [0.717, 1.165) is 12.2 Å². The first-order valence-corrected chi connectivity index (χ1v) is 10.9. The molecule has 5 nitrogen and oxygen atoms in total. The van der Waals surface area contributed by atoms with Crippen LogP contribution >= 0.6 is 0 Å². The van der Waals surface area contributed by atoms with Gasteiger partial charge >= 0.3 is 5.51 Å². The lowest BCUT2D eigenvalue weighted by molar-refractivity contribution is -0.0621. The second-order valence-electron chi connectivity index (χ2n) is 5.72. The molecule has 1 aliphatic heterocycles. The second kappa shape index (κ2) is 9.24. The number of methoxy groups -OCH3 is 1. The molecule has 2 unspecified atom stereocenters. The largest absolute Gasteiger partial charge is 0.741 e. The summed E-state index contributed by atoms with van der Waals surface area (Å²) >= 11 is 0. The monoisotopic (exact) mass is 424 g/mol. The summed E-state index contributed by atoms with van der Waals surface area (Å²) in [5, 5.41) is 2.74. The summed E-state index contributed by atoms with van der Waals surface area (Å²) in [4.78, 5) is 1.50. The van der Waals surface area contributed by atoms with Gasteiger partial charge < -0.3 is 14.0 Å². The third-order valence-corrected chi connectivity index (χ3v) is 6.89. The van der Waals surface area contributed by atoms with Gasteiger partial charge in [-0.3, -0.25) is 0 Å². The summed E-state index contributed by atoms with van der Waals surface area (Å²) in [5.74, 6) is 2.37. The highest BCUT2D eigenvalue weighted by molar-refractivity contribution is 7.97. The van der Waals surface area contributed by atoms with Crippen LogP contribution in [0.2, 0.25) is 0 Å². The quantitative estimate of drug-likeness (QED) is 0.326. The highest BCUT2D eigenvalue weighted by atomic mass is 32.2. The van der Waals surface area contributed by atoms with E-state index in [9.17, 15) is 13.2 Å². The van der Waals surface area contributed by atoms with Gasteiger partial charge in [0.1, 0.15) is 24.4 Å². The molecule has 0 N–H and O–H groups in total. The number of benzene rings is 2. The second-order valence-corrected chi connectivity index (χ2v) is 9.26. The molecule has 1 heterocycles. The van der Waals surface area contributed by atoms with Gasteiger partial charge in [0.25, 0.3) is 0 Å². The first-order valence-electron chi connectivity index (χ1n) is 7.91. The van der Waals surface area contributed by atoms with Crippen LogP contribution in [-0.2, 0) is 30.5 Å². The van der Waals surface area contributed by atoms with Crippen molar-refractivity contribution in [2.45, 2.75) is 22.9 Å². The number of rotatable bonds is 4. The van der Waals surface area contributed by atoms with Crippen molar-refractivity contribution in [1.82, 2.24) is 0 Å². The first kappa shape index (κ1) is 22.0. The molecule has 0 spiro atoms. The minimum Gasteiger partial charge on any atom is -0.741 e. The highest BCUT2D eigenvalue weighted by Crippen LogP contribution is 2.30. The molecule has 0 saturated carbocycles. The summed E-state index contributed by atoms with van der Waals surface area (Å²) in [7, 11) is -4.09. The average molecular weight is 424 g/mol. The Labute approximate surface area is 158 Å². The molecule has 0 bridgehead atoms. The fourth-order valence-corrected chi connectivity index (χ4v) is 5.20. The van der Waals surface area contributed by atoms with Gasteiger partial charge in [0.15, 0.2) is 15.0 Å². The lowest BCUT2D eigenvalue weighted by atomic mass is 10.1. The topological polar surface area (TPSA) is 75.7 Å². The van der Waals surface area contributed by atoms with E-state index in [1.807, 2.05) is 0 Å². The highest BCUT2D eigenvalue weighted by Gasteiger charge is 2.37. The SMILES string of the molecule is COCOC1CC[S+](c2cccc3ccccc23)C1.O=S(=O)([O-])C(F)(F)F. The summed E-state index contributed by atoms with van der Waals surface area (Å²) in [5.41, 5.74) is -5.65. The normalized spacial score (nSPS) is 20.3. The van der Waals surface area contributed by atoms with Gasteiger partial charge in [-0.25, -0.2) is 8.42 Å². The predicted molar refractivity (Wildman–Crippen MR) is 96.4 cm³/mol. The van der Waals surface area contributed by atoms with Crippen LogP contribution < -0.4 is 0 Å². The number of alkyl halides is 3. The molecule has 150 valence electrons. The third-order valence-electron chi connectivity index (χ3n) is 3.84. The maximum Gasteiger partial charge on any atom is 0.485 e. The third kappa shape index (κ3) is 6.08. The molecule has 1 saturated heterocycles. The molecular weight excluding hydrogens is 405 g/mol. The number of ether oxygens (including phenoxy) is 2. The zero-order valence-electron chi connectivity index (χ0n) is 14.4. The van der Waals surface area contributed by atoms with Gasteiger partial charge in [-0.1, -0.05) is 30.3 Å². The molecule has 3 rings (SSSR count). The smallest absolute Gasteiger partial charge is 0.485 e. The van der Waals surface area contributed by atoms with E-state index >= 15 is 0 Å². The number of halogens is 3. The number of fused-ring (bicyclic) bond motifs is 1. The van der Waals surface area contributed by atoms with Crippen LogP contribution in [0.4, 0.5) is 13.2 Å². The van der Waals surface area contributed by atoms with Gasteiger partial charge in [0.2, 0.25) is 0 Å². The maximum atomic E-state index is 10.7. The molecule has 0 amide bonds. The summed E-state index contributed by atoms with van der Waals surface area (Å²) in [6.07, 6.45) is 1.51. The Hall–Kier alpha value is -1.33. The van der Waals surface area contributed by atoms with Crippen LogP contribution in [0, 0.1) is 0 Å². The standard InChI is InChI=1S/C16H19O2S.CHF3O3S/c1-17-12-18-14-9-10-19(11-14)16-8-4-6-13-5-2-3-7-15(13)16;2-1(3,4)8(5,6)7/h2-8,14H,9-12H2,1H3;(H,5,6,7)/q+1;/p-1. The molecule has 10 heteroatoms. The van der Waals surface area contributed by atoms with Crippen LogP contribution in [0.15, 0.2) is 47.4 Å². The number of hydrogen-bond acceptors (Lipinski definition) is 5. The Morgan fingerprint density at radius 2 is 1.81 bits per heavy atom. The molecule has 2 atom stereocenters. The van der Waals surface area contributed by atoms with Crippen molar-refractivity contribution in [3.8, 4) is 0 Å². The summed E-state index contributed by atoms with van der Waals surface area (Å²) < 4.78 is 69.6. The van der Waals surface area contributed by atoms with Gasteiger partial charge in [-0.2, -0.15) is 13.2 Å². The molecule has 0 radical (unpaired) electrons. The lowest BCUT2D eigenvalue weighted by Gasteiger charge is -2.08. The van der Waals surface area contributed by atoms with Crippen molar-refractivity contribution in [3.63, 3.8) is 0 Å². The molecule has 1 aliphatic rings. The molecule has 2 aromatic rings. The minimum absolute atomic E-state index is 0.321. The maximum absolute atomic E-state index is 10.7. The Morgan fingerprint density at radius 1 is 1.19 bits per heavy atom. The zero-order chi connectivity index (χ0) is 20.1. The van der Waals surface area contributed by atoms with E-state index in [-0.39, 0.29) is 0 Å². The van der Waals surface area contributed by atoms with E-state index in [2.05, 4.69) is 42.5 Å². The zero-order valence-corrected chi connectivity index (χ0v) is 16.1. The van der Waals surface area contributed by atoms with Crippen LogP contribution in [0.1, 0.15) is 6.42 Å². The molecule has 0 aliphatic carbocycles. The van der Waals surface area contributed by atoms with Crippen LogP contribution in [-0.4, -0.2) is 50.0 Å². The van der Waals surface area contributed by atoms with Crippen molar-refractivity contribution in [2.75, 3.05) is 25.4 Å². The lowest BCUT2D eigenvalue weighted by Crippen LogP contribution is -2.21. The van der Waals surface area contributed by atoms with E-state index in [1.165, 1.54) is 21.4 Å². The average Bonchev–Trinajstić information content (AvgIpc) is 3.07. The van der Waals surface area contributed by atoms with Crippen molar-refractivity contribution in [1.29, 1.82) is 0 Å². The Bertz CT molecular complexity index is 850. The van der Waals surface area contributed by atoms with Crippen molar-refractivity contribution < 1.29 is 35.6 Å². The van der Waals surface area contributed by atoms with Crippen LogP contribution in [0.3, 0.4) is 0 Å². The van der Waals surface area contributed by atoms with Gasteiger partial charge in [-0.15, -0.1) is 0 Å². The van der Waals surface area contributed by atoms with Crippen LogP contribution in [0.5, 0.6) is 0 Å². The molecule has 27 heavy (non-hydrogen) atoms. The first-order chi connectivity index (χ1) is 12.6. The van der Waals surface area contributed by atoms with Gasteiger partial charge in [0, 0.05) is 29.8 Å². The van der Waals surface area contributed by atoms with Crippen LogP contribution in [0.25, 0.3) is 10.8 Å². The fraction of sp³-hybridized carbons (Fsp3) is 0.412. The minimum atomic E-state index is -6.09. The summed E-state index contributed by atoms with van der Waals surface area (Å²) in [6.45, 7) is 0.414. The Balaban J connectivity index is 0.000000279. The molecule has 0 aromatic heterocycles. The van der Waals surface area contributed by atoms with E-state index in [1.54, 1.807) is 7.11 Å². The molecular formula is C17H19F3O5S2. The number of hydrogen-bond donors (Lipinski definition) is 0. The van der Waals surface area contributed by atoms with Gasteiger partial charge in [0.05, 0.1) is 0 Å². The Kier molecular flexibility index (Phi) is 7.52. The Morgan fingerprint density at radius 3 is 2.44 bits per heavy atom. The molecule has 2 aromatic carbocycles. The molecule has 1 fully saturated rings. The van der Waals surface area contributed by atoms with E-state index < -0.39 is 15.6 Å². The van der Waals surface area contributed by atoms with E-state index in [4.69, 9.17) is 22.4 Å². The predicted octanol–water partition coefficient (Wildman–Crippen LogP) is 3.26. The van der Waals surface area contributed by atoms with Gasteiger partial charge in [-0.05, 0) is 17.5 Å².